The number of halogens is 2. The molecule has 0 fully saturated rings. The molecule has 0 aromatic heterocycles. The van der Waals surface area contributed by atoms with Crippen molar-refractivity contribution >= 4 is 29.0 Å². The molecule has 0 saturated carbocycles. The van der Waals surface area contributed by atoms with Crippen LogP contribution in [0.15, 0.2) is 71.1 Å². The summed E-state index contributed by atoms with van der Waals surface area (Å²) in [6, 6.07) is 13.0. The van der Waals surface area contributed by atoms with Crippen LogP contribution in [0, 0.1) is 5.82 Å². The van der Waals surface area contributed by atoms with Crippen molar-refractivity contribution in [1.29, 1.82) is 0 Å². The first-order valence-electron chi connectivity index (χ1n) is 9.51. The molecule has 1 amide bonds. The molecule has 1 aliphatic heterocycles. The molecule has 148 valence electrons. The predicted octanol–water partition coefficient (Wildman–Crippen LogP) is 5.09. The van der Waals surface area contributed by atoms with Crippen molar-refractivity contribution in [2.45, 2.75) is 32.1 Å². The lowest BCUT2D eigenvalue weighted by Crippen LogP contribution is -2.35. The lowest BCUT2D eigenvalue weighted by Gasteiger charge is -2.34. The second kappa shape index (κ2) is 7.84. The van der Waals surface area contributed by atoms with Gasteiger partial charge in [-0.25, -0.2) is 4.39 Å². The van der Waals surface area contributed by atoms with Gasteiger partial charge in [0, 0.05) is 45.6 Å². The van der Waals surface area contributed by atoms with Gasteiger partial charge in [0.2, 0.25) is 0 Å². The highest BCUT2D eigenvalue weighted by Gasteiger charge is 2.39. The highest BCUT2D eigenvalue weighted by molar-refractivity contribution is 6.31. The van der Waals surface area contributed by atoms with Crippen LogP contribution in [0.3, 0.4) is 0 Å². The fourth-order valence-electron chi connectivity index (χ4n) is 4.07. The molecule has 0 saturated heterocycles. The molecule has 4 nitrogen and oxygen atoms in total. The van der Waals surface area contributed by atoms with E-state index in [1.54, 1.807) is 12.1 Å². The normalized spacial score (nSPS) is 19.0. The highest BCUT2D eigenvalue weighted by Crippen LogP contribution is 2.44. The van der Waals surface area contributed by atoms with E-state index in [-0.39, 0.29) is 5.78 Å². The van der Waals surface area contributed by atoms with Crippen LogP contribution in [0.2, 0.25) is 5.02 Å². The molecule has 2 N–H and O–H groups in total. The molecule has 0 spiro atoms. The molecule has 4 rings (SSSR count). The molecule has 29 heavy (non-hydrogen) atoms. The standard InChI is InChI=1S/C23H20ClFN2O2/c1-13-20(23(29)27-15-7-4-6-14(25)12-15)21(16-8-2-3-9-17(16)24)22-18(26-13)10-5-11-19(22)28/h2-4,6-9,12,21,26H,5,10-11H2,1H3,(H,27,29)/t21-/m1/s1. The van der Waals surface area contributed by atoms with Crippen molar-refractivity contribution in [2.75, 3.05) is 5.32 Å². The van der Waals surface area contributed by atoms with Gasteiger partial charge in [0.05, 0.1) is 0 Å². The Balaban J connectivity index is 1.81. The maximum absolute atomic E-state index is 13.6. The van der Waals surface area contributed by atoms with Crippen molar-refractivity contribution in [1.82, 2.24) is 5.32 Å². The third kappa shape index (κ3) is 3.70. The average Bonchev–Trinajstić information content (AvgIpc) is 2.67. The minimum atomic E-state index is -0.568. The molecule has 0 bridgehead atoms. The summed E-state index contributed by atoms with van der Waals surface area (Å²) in [5.41, 5.74) is 3.59. The van der Waals surface area contributed by atoms with E-state index in [9.17, 15) is 14.0 Å². The van der Waals surface area contributed by atoms with Gasteiger partial charge < -0.3 is 10.6 Å². The maximum Gasteiger partial charge on any atom is 0.254 e. The molecular formula is C23H20ClFN2O2. The van der Waals surface area contributed by atoms with Gasteiger partial charge in [-0.2, -0.15) is 0 Å². The molecule has 1 aliphatic carbocycles. The predicted molar refractivity (Wildman–Crippen MR) is 111 cm³/mol. The highest BCUT2D eigenvalue weighted by atomic mass is 35.5. The number of anilines is 1. The Hall–Kier alpha value is -2.92. The topological polar surface area (TPSA) is 58.2 Å². The van der Waals surface area contributed by atoms with Crippen molar-refractivity contribution in [2.24, 2.45) is 0 Å². The summed E-state index contributed by atoms with van der Waals surface area (Å²) in [6.45, 7) is 1.81. The van der Waals surface area contributed by atoms with Gasteiger partial charge in [0.25, 0.3) is 5.91 Å². The minimum Gasteiger partial charge on any atom is -0.362 e. The smallest absolute Gasteiger partial charge is 0.254 e. The molecule has 0 radical (unpaired) electrons. The first kappa shape index (κ1) is 19.4. The molecule has 1 atom stereocenters. The van der Waals surface area contributed by atoms with E-state index in [0.29, 0.717) is 39.5 Å². The third-order valence-electron chi connectivity index (χ3n) is 5.32. The van der Waals surface area contributed by atoms with Gasteiger partial charge in [-0.05, 0) is 49.6 Å². The summed E-state index contributed by atoms with van der Waals surface area (Å²) < 4.78 is 13.6. The summed E-state index contributed by atoms with van der Waals surface area (Å²) in [7, 11) is 0. The monoisotopic (exact) mass is 410 g/mol. The van der Waals surface area contributed by atoms with E-state index in [1.807, 2.05) is 25.1 Å². The van der Waals surface area contributed by atoms with Crippen LogP contribution in [0.25, 0.3) is 0 Å². The van der Waals surface area contributed by atoms with Gasteiger partial charge in [-0.15, -0.1) is 0 Å². The van der Waals surface area contributed by atoms with E-state index < -0.39 is 17.6 Å². The van der Waals surface area contributed by atoms with Crippen LogP contribution < -0.4 is 10.6 Å². The Bertz CT molecular complexity index is 1070. The van der Waals surface area contributed by atoms with Crippen LogP contribution in [-0.2, 0) is 9.59 Å². The van der Waals surface area contributed by atoms with E-state index in [0.717, 1.165) is 18.5 Å². The van der Waals surface area contributed by atoms with Crippen molar-refractivity contribution in [3.8, 4) is 0 Å². The van der Waals surface area contributed by atoms with Gasteiger partial charge in [0.1, 0.15) is 5.82 Å². The average molecular weight is 411 g/mol. The number of benzene rings is 2. The Morgan fingerprint density at radius 2 is 1.97 bits per heavy atom. The van der Waals surface area contributed by atoms with E-state index in [2.05, 4.69) is 10.6 Å². The fraction of sp³-hybridized carbons (Fsp3) is 0.217. The number of allylic oxidation sites excluding steroid dienone is 3. The van der Waals surface area contributed by atoms with Crippen LogP contribution in [0.1, 0.15) is 37.7 Å². The summed E-state index contributed by atoms with van der Waals surface area (Å²) in [5.74, 6) is -1.38. The molecular weight excluding hydrogens is 391 g/mol. The first-order valence-corrected chi connectivity index (χ1v) is 9.89. The zero-order valence-corrected chi connectivity index (χ0v) is 16.6. The number of carbonyl (C=O) groups is 2. The lowest BCUT2D eigenvalue weighted by molar-refractivity contribution is -0.116. The molecule has 2 aromatic rings. The summed E-state index contributed by atoms with van der Waals surface area (Å²) in [5, 5.41) is 6.51. The fourth-order valence-corrected chi connectivity index (χ4v) is 4.31. The zero-order valence-electron chi connectivity index (χ0n) is 15.9. The zero-order chi connectivity index (χ0) is 20.5. The van der Waals surface area contributed by atoms with E-state index in [4.69, 9.17) is 11.6 Å². The summed E-state index contributed by atoms with van der Waals surface area (Å²) in [6.07, 6.45) is 1.97. The number of hydrogen-bond donors (Lipinski definition) is 2. The molecule has 6 heteroatoms. The number of hydrogen-bond acceptors (Lipinski definition) is 3. The second-order valence-electron chi connectivity index (χ2n) is 7.25. The van der Waals surface area contributed by atoms with Crippen LogP contribution in [0.5, 0.6) is 0 Å². The van der Waals surface area contributed by atoms with Crippen molar-refractivity contribution in [3.05, 3.63) is 87.5 Å². The summed E-state index contributed by atoms with van der Waals surface area (Å²) >= 11 is 6.48. The van der Waals surface area contributed by atoms with E-state index in [1.165, 1.54) is 18.2 Å². The second-order valence-corrected chi connectivity index (χ2v) is 7.66. The van der Waals surface area contributed by atoms with E-state index >= 15 is 0 Å². The SMILES string of the molecule is CC1=C(C(=O)Nc2cccc(F)c2)[C@@H](c2ccccc2Cl)C2=C(CCCC2=O)N1. The largest absolute Gasteiger partial charge is 0.362 e. The maximum atomic E-state index is 13.6. The number of nitrogens with one attached hydrogen (secondary N) is 2. The van der Waals surface area contributed by atoms with Gasteiger partial charge in [-0.3, -0.25) is 9.59 Å². The molecule has 0 unspecified atom stereocenters. The Labute approximate surface area is 173 Å². The van der Waals surface area contributed by atoms with Gasteiger partial charge >= 0.3 is 0 Å². The number of Topliss-reactive ketones (excluding diaryl/α,β-unsaturated/α-hetero) is 1. The number of ketones is 1. The van der Waals surface area contributed by atoms with Gasteiger partial charge in [0.15, 0.2) is 5.78 Å². The van der Waals surface area contributed by atoms with Crippen molar-refractivity contribution < 1.29 is 14.0 Å². The Morgan fingerprint density at radius 1 is 1.17 bits per heavy atom. The Morgan fingerprint density at radius 3 is 2.72 bits per heavy atom. The minimum absolute atomic E-state index is 0.0206. The quantitative estimate of drug-likeness (QED) is 0.741. The van der Waals surface area contributed by atoms with Crippen LogP contribution >= 0.6 is 11.6 Å². The molecule has 2 aliphatic rings. The molecule has 2 aromatic carbocycles. The van der Waals surface area contributed by atoms with Crippen LogP contribution in [-0.4, -0.2) is 11.7 Å². The molecule has 1 heterocycles. The number of amides is 1. The number of rotatable bonds is 3. The van der Waals surface area contributed by atoms with Gasteiger partial charge in [-0.1, -0.05) is 35.9 Å². The van der Waals surface area contributed by atoms with Crippen LogP contribution in [0.4, 0.5) is 10.1 Å². The number of dihydropyridines is 1. The Kier molecular flexibility index (Phi) is 5.24. The summed E-state index contributed by atoms with van der Waals surface area (Å²) in [4.78, 5) is 26.1. The first-order chi connectivity index (χ1) is 14.0. The third-order valence-corrected chi connectivity index (χ3v) is 5.66. The number of carbonyl (C=O) groups excluding carboxylic acids is 2. The lowest BCUT2D eigenvalue weighted by atomic mass is 9.75. The van der Waals surface area contributed by atoms with Crippen molar-refractivity contribution in [3.63, 3.8) is 0 Å².